The molecule has 2 aromatic rings. The van der Waals surface area contributed by atoms with Crippen LogP contribution in [0.3, 0.4) is 0 Å². The predicted molar refractivity (Wildman–Crippen MR) is 130 cm³/mol. The average molecular weight is 515 g/mol. The maximum atomic E-state index is 13.5. The number of benzene rings is 1. The second-order valence-electron chi connectivity index (χ2n) is 9.34. The Morgan fingerprint density at radius 1 is 1.15 bits per heavy atom. The number of aryl methyl sites for hydroxylation is 1. The van der Waals surface area contributed by atoms with Crippen LogP contribution in [0.2, 0.25) is 0 Å². The van der Waals surface area contributed by atoms with Crippen LogP contribution < -0.4 is 8.61 Å². The molecule has 1 aromatic carbocycles. The minimum atomic E-state index is -3.95. The summed E-state index contributed by atoms with van der Waals surface area (Å²) in [5, 5.41) is 0. The van der Waals surface area contributed by atoms with Gasteiger partial charge in [-0.05, 0) is 36.2 Å². The van der Waals surface area contributed by atoms with Gasteiger partial charge < -0.3 is 0 Å². The summed E-state index contributed by atoms with van der Waals surface area (Å²) in [6.45, 7) is 3.57. The van der Waals surface area contributed by atoms with Gasteiger partial charge in [-0.25, -0.2) is 22.4 Å². The highest BCUT2D eigenvalue weighted by Crippen LogP contribution is 2.51. The van der Waals surface area contributed by atoms with Crippen LogP contribution in [-0.2, 0) is 16.8 Å². The van der Waals surface area contributed by atoms with Crippen LogP contribution in [0.25, 0.3) is 11.3 Å². The monoisotopic (exact) mass is 514 g/mol. The van der Waals surface area contributed by atoms with Crippen LogP contribution in [0.5, 0.6) is 0 Å². The fourth-order valence-electron chi connectivity index (χ4n) is 4.48. The summed E-state index contributed by atoms with van der Waals surface area (Å²) in [4.78, 5) is 6.80. The lowest BCUT2D eigenvalue weighted by atomic mass is 10.0. The Labute approximate surface area is 199 Å². The SMILES string of the molecule is Cc1ccc(CN2CCS(O)(O)CC2)cc1-c1ccc2c(n1)N(C)S(=O)(=O)N2CC1CC1(F)F. The van der Waals surface area contributed by atoms with Crippen LogP contribution in [0.15, 0.2) is 30.3 Å². The van der Waals surface area contributed by atoms with E-state index in [1.807, 2.05) is 25.1 Å². The molecule has 1 saturated heterocycles. The van der Waals surface area contributed by atoms with E-state index >= 15 is 0 Å². The Hall–Kier alpha value is -1.99. The topological polar surface area (TPSA) is 97.2 Å². The third kappa shape index (κ3) is 4.26. The largest absolute Gasteiger partial charge is 0.327 e. The molecular formula is C22H28F2N4O4S2. The van der Waals surface area contributed by atoms with Gasteiger partial charge >= 0.3 is 10.2 Å². The van der Waals surface area contributed by atoms with E-state index in [1.54, 1.807) is 12.1 Å². The molecule has 0 radical (unpaired) electrons. The van der Waals surface area contributed by atoms with Crippen LogP contribution in [0.1, 0.15) is 17.5 Å². The molecule has 3 heterocycles. The Morgan fingerprint density at radius 2 is 1.82 bits per heavy atom. The zero-order chi connectivity index (χ0) is 24.5. The summed E-state index contributed by atoms with van der Waals surface area (Å²) in [5.41, 5.74) is 3.79. The van der Waals surface area contributed by atoms with Crippen molar-refractivity contribution in [2.45, 2.75) is 25.8 Å². The Kier molecular flexibility index (Phi) is 5.60. The maximum absolute atomic E-state index is 13.5. The summed E-state index contributed by atoms with van der Waals surface area (Å²) < 4.78 is 74.5. The summed E-state index contributed by atoms with van der Waals surface area (Å²) in [6, 6.07) is 9.39. The van der Waals surface area contributed by atoms with Crippen molar-refractivity contribution in [3.05, 3.63) is 41.5 Å². The highest BCUT2D eigenvalue weighted by atomic mass is 32.3. The molecule has 8 nitrogen and oxygen atoms in total. The van der Waals surface area contributed by atoms with Crippen molar-refractivity contribution in [1.29, 1.82) is 0 Å². The number of anilines is 2. The van der Waals surface area contributed by atoms with E-state index in [-0.39, 0.29) is 18.8 Å². The van der Waals surface area contributed by atoms with Crippen LogP contribution in [0.4, 0.5) is 20.3 Å². The highest BCUT2D eigenvalue weighted by molar-refractivity contribution is 8.24. The van der Waals surface area contributed by atoms with E-state index in [4.69, 9.17) is 0 Å². The van der Waals surface area contributed by atoms with Gasteiger partial charge in [-0.3, -0.25) is 14.0 Å². The number of aromatic nitrogens is 1. The first-order valence-electron chi connectivity index (χ1n) is 11.1. The molecule has 5 rings (SSSR count). The van der Waals surface area contributed by atoms with Gasteiger partial charge in [0.15, 0.2) is 5.82 Å². The number of fused-ring (bicyclic) bond motifs is 1. The van der Waals surface area contributed by atoms with Crippen LogP contribution >= 0.6 is 10.6 Å². The predicted octanol–water partition coefficient (Wildman–Crippen LogP) is 3.78. The zero-order valence-electron chi connectivity index (χ0n) is 19.0. The lowest BCUT2D eigenvalue weighted by molar-refractivity contribution is 0.101. The summed E-state index contributed by atoms with van der Waals surface area (Å²) >= 11 is 0. The van der Waals surface area contributed by atoms with E-state index < -0.39 is 32.6 Å². The molecule has 2 aliphatic heterocycles. The molecule has 186 valence electrons. The minimum absolute atomic E-state index is 0.229. The van der Waals surface area contributed by atoms with Crippen molar-refractivity contribution in [1.82, 2.24) is 9.88 Å². The lowest BCUT2D eigenvalue weighted by Gasteiger charge is -2.41. The fraction of sp³-hybridized carbons (Fsp3) is 0.500. The van der Waals surface area contributed by atoms with Crippen molar-refractivity contribution in [3.8, 4) is 11.3 Å². The molecule has 0 bridgehead atoms. The molecule has 34 heavy (non-hydrogen) atoms. The van der Waals surface area contributed by atoms with Gasteiger partial charge in [-0.1, -0.05) is 12.1 Å². The van der Waals surface area contributed by atoms with Gasteiger partial charge in [0.2, 0.25) is 0 Å². The van der Waals surface area contributed by atoms with Crippen molar-refractivity contribution in [2.24, 2.45) is 5.92 Å². The first-order valence-corrected chi connectivity index (χ1v) is 14.4. The molecule has 2 N–H and O–H groups in total. The van der Waals surface area contributed by atoms with E-state index in [1.165, 1.54) is 7.05 Å². The van der Waals surface area contributed by atoms with Crippen molar-refractivity contribution in [2.75, 3.05) is 46.8 Å². The quantitative estimate of drug-likeness (QED) is 0.631. The lowest BCUT2D eigenvalue weighted by Crippen LogP contribution is -2.37. The zero-order valence-corrected chi connectivity index (χ0v) is 20.6. The van der Waals surface area contributed by atoms with Crippen molar-refractivity contribution in [3.63, 3.8) is 0 Å². The normalized spacial score (nSPS) is 25.8. The van der Waals surface area contributed by atoms with Crippen molar-refractivity contribution >= 4 is 32.3 Å². The second-order valence-corrected chi connectivity index (χ2v) is 13.6. The third-order valence-electron chi connectivity index (χ3n) is 6.84. The number of alkyl halides is 2. The molecule has 12 heteroatoms. The summed E-state index contributed by atoms with van der Waals surface area (Å²) in [5.74, 6) is -2.80. The van der Waals surface area contributed by atoms with Gasteiger partial charge in [-0.2, -0.15) is 19.0 Å². The first kappa shape index (κ1) is 23.7. The van der Waals surface area contributed by atoms with Gasteiger partial charge in [-0.15, -0.1) is 0 Å². The summed E-state index contributed by atoms with van der Waals surface area (Å²) in [6.07, 6.45) is -0.300. The van der Waals surface area contributed by atoms with Gasteiger partial charge in [0.1, 0.15) is 0 Å². The van der Waals surface area contributed by atoms with E-state index in [0.717, 1.165) is 25.3 Å². The number of nitrogens with zero attached hydrogens (tertiary/aromatic N) is 4. The van der Waals surface area contributed by atoms with Gasteiger partial charge in [0.25, 0.3) is 5.92 Å². The number of pyridine rings is 1. The van der Waals surface area contributed by atoms with Crippen LogP contribution in [0, 0.1) is 12.8 Å². The smallest absolute Gasteiger partial charge is 0.299 e. The molecular weight excluding hydrogens is 486 g/mol. The molecule has 1 unspecified atom stereocenters. The van der Waals surface area contributed by atoms with E-state index in [9.17, 15) is 26.3 Å². The number of halogens is 2. The van der Waals surface area contributed by atoms with E-state index in [0.29, 0.717) is 42.5 Å². The van der Waals surface area contributed by atoms with Gasteiger partial charge in [0, 0.05) is 51.1 Å². The number of hydrogen-bond donors (Lipinski definition) is 2. The Bertz CT molecular complexity index is 1230. The molecule has 0 spiro atoms. The molecule has 3 aliphatic rings. The number of rotatable bonds is 5. The molecule has 2 fully saturated rings. The Balaban J connectivity index is 1.41. The molecule has 1 atom stereocenters. The third-order valence-corrected chi connectivity index (χ3v) is 10.3. The fourth-order valence-corrected chi connectivity index (χ4v) is 7.20. The van der Waals surface area contributed by atoms with Crippen molar-refractivity contribution < 1.29 is 26.3 Å². The molecule has 1 saturated carbocycles. The highest BCUT2D eigenvalue weighted by Gasteiger charge is 2.59. The average Bonchev–Trinajstić information content (AvgIpc) is 3.34. The molecule has 1 aliphatic carbocycles. The Morgan fingerprint density at radius 3 is 2.47 bits per heavy atom. The minimum Gasteiger partial charge on any atom is -0.299 e. The maximum Gasteiger partial charge on any atom is 0.327 e. The number of hydrogen-bond acceptors (Lipinski definition) is 6. The molecule has 0 amide bonds. The van der Waals surface area contributed by atoms with Gasteiger partial charge in [0.05, 0.1) is 22.9 Å². The van der Waals surface area contributed by atoms with Crippen LogP contribution in [-0.4, -0.2) is 71.5 Å². The second kappa shape index (κ2) is 8.02. The summed E-state index contributed by atoms with van der Waals surface area (Å²) in [7, 11) is -5.01. The standard InChI is InChI=1S/C22H28F2N4O4S2/c1-15-3-4-16(13-27-7-9-33(29,30)10-8-27)11-18(15)19-5-6-20-21(25-19)26(2)34(31,32)28(20)14-17-12-22(17,23)24/h3-6,11,17,29-30H,7-10,12-14H2,1-2H3. The molecule has 1 aromatic heterocycles. The van der Waals surface area contributed by atoms with E-state index in [2.05, 4.69) is 9.88 Å². The first-order chi connectivity index (χ1) is 15.9.